The SMILES string of the molecule is COc1ccc(C(C)N2CCOCC2)c(O)c1. The molecule has 1 atom stereocenters. The maximum atomic E-state index is 9.99. The van der Waals surface area contributed by atoms with Gasteiger partial charge in [-0.25, -0.2) is 0 Å². The Morgan fingerprint density at radius 2 is 2.06 bits per heavy atom. The maximum Gasteiger partial charge on any atom is 0.124 e. The second-order valence-electron chi connectivity index (χ2n) is 4.25. The highest BCUT2D eigenvalue weighted by atomic mass is 16.5. The molecule has 4 heteroatoms. The van der Waals surface area contributed by atoms with Crippen LogP contribution in [0.1, 0.15) is 18.5 Å². The first kappa shape index (κ1) is 12.2. The van der Waals surface area contributed by atoms with Crippen LogP contribution in [0.25, 0.3) is 0 Å². The van der Waals surface area contributed by atoms with Crippen molar-refractivity contribution in [1.29, 1.82) is 0 Å². The van der Waals surface area contributed by atoms with E-state index in [1.165, 1.54) is 0 Å². The van der Waals surface area contributed by atoms with Crippen LogP contribution in [0, 0.1) is 0 Å². The lowest BCUT2D eigenvalue weighted by Gasteiger charge is -2.32. The fourth-order valence-electron chi connectivity index (χ4n) is 2.17. The molecule has 0 aliphatic carbocycles. The van der Waals surface area contributed by atoms with E-state index in [2.05, 4.69) is 11.8 Å². The number of rotatable bonds is 3. The van der Waals surface area contributed by atoms with E-state index < -0.39 is 0 Å². The van der Waals surface area contributed by atoms with E-state index in [9.17, 15) is 5.11 Å². The van der Waals surface area contributed by atoms with E-state index in [0.717, 1.165) is 31.9 Å². The van der Waals surface area contributed by atoms with Crippen molar-refractivity contribution in [2.75, 3.05) is 33.4 Å². The van der Waals surface area contributed by atoms with E-state index in [4.69, 9.17) is 9.47 Å². The summed E-state index contributed by atoms with van der Waals surface area (Å²) in [7, 11) is 1.60. The second kappa shape index (κ2) is 5.38. The van der Waals surface area contributed by atoms with Crippen molar-refractivity contribution in [2.24, 2.45) is 0 Å². The zero-order chi connectivity index (χ0) is 12.3. The molecule has 1 N–H and O–H groups in total. The van der Waals surface area contributed by atoms with Gasteiger partial charge in [0.2, 0.25) is 0 Å². The number of morpholine rings is 1. The van der Waals surface area contributed by atoms with Gasteiger partial charge in [-0.15, -0.1) is 0 Å². The van der Waals surface area contributed by atoms with Gasteiger partial charge < -0.3 is 14.6 Å². The average Bonchev–Trinajstić information content (AvgIpc) is 2.39. The Labute approximate surface area is 102 Å². The summed E-state index contributed by atoms with van der Waals surface area (Å²) < 4.78 is 10.4. The van der Waals surface area contributed by atoms with Gasteiger partial charge in [0, 0.05) is 30.8 Å². The van der Waals surface area contributed by atoms with Crippen molar-refractivity contribution in [3.05, 3.63) is 23.8 Å². The minimum Gasteiger partial charge on any atom is -0.507 e. The molecule has 1 unspecified atom stereocenters. The van der Waals surface area contributed by atoms with Gasteiger partial charge in [-0.05, 0) is 13.0 Å². The van der Waals surface area contributed by atoms with Crippen molar-refractivity contribution in [3.63, 3.8) is 0 Å². The quantitative estimate of drug-likeness (QED) is 0.870. The van der Waals surface area contributed by atoms with Crippen LogP contribution in [0.5, 0.6) is 11.5 Å². The number of methoxy groups -OCH3 is 1. The standard InChI is InChI=1S/C13H19NO3/c1-10(14-5-7-17-8-6-14)12-4-3-11(16-2)9-13(12)15/h3-4,9-10,15H,5-8H2,1-2H3. The number of phenolic OH excluding ortho intramolecular Hbond substituents is 1. The van der Waals surface area contributed by atoms with Crippen LogP contribution < -0.4 is 4.74 Å². The van der Waals surface area contributed by atoms with E-state index in [1.54, 1.807) is 13.2 Å². The predicted molar refractivity (Wildman–Crippen MR) is 65.5 cm³/mol. The minimum absolute atomic E-state index is 0.199. The number of hydrogen-bond acceptors (Lipinski definition) is 4. The molecule has 1 heterocycles. The van der Waals surface area contributed by atoms with E-state index in [-0.39, 0.29) is 6.04 Å². The van der Waals surface area contributed by atoms with Crippen LogP contribution in [0.3, 0.4) is 0 Å². The summed E-state index contributed by atoms with van der Waals surface area (Å²) in [6.45, 7) is 5.45. The number of benzene rings is 1. The average molecular weight is 237 g/mol. The molecule has 1 saturated heterocycles. The third kappa shape index (κ3) is 2.70. The van der Waals surface area contributed by atoms with Crippen molar-refractivity contribution < 1.29 is 14.6 Å². The highest BCUT2D eigenvalue weighted by Crippen LogP contribution is 2.31. The molecule has 2 rings (SSSR count). The van der Waals surface area contributed by atoms with Gasteiger partial charge in [-0.2, -0.15) is 0 Å². The Kier molecular flexibility index (Phi) is 3.86. The van der Waals surface area contributed by atoms with Crippen LogP contribution in [-0.2, 0) is 4.74 Å². The number of hydrogen-bond donors (Lipinski definition) is 1. The first-order valence-electron chi connectivity index (χ1n) is 5.91. The lowest BCUT2D eigenvalue weighted by atomic mass is 10.1. The van der Waals surface area contributed by atoms with Crippen molar-refractivity contribution in [2.45, 2.75) is 13.0 Å². The van der Waals surface area contributed by atoms with Crippen molar-refractivity contribution in [3.8, 4) is 11.5 Å². The van der Waals surface area contributed by atoms with Gasteiger partial charge >= 0.3 is 0 Å². The van der Waals surface area contributed by atoms with Crippen LogP contribution in [-0.4, -0.2) is 43.4 Å². The van der Waals surface area contributed by atoms with Gasteiger partial charge in [0.15, 0.2) is 0 Å². The largest absolute Gasteiger partial charge is 0.507 e. The Balaban J connectivity index is 2.15. The second-order valence-corrected chi connectivity index (χ2v) is 4.25. The molecule has 0 radical (unpaired) electrons. The third-order valence-electron chi connectivity index (χ3n) is 3.28. The number of ether oxygens (including phenoxy) is 2. The molecular weight excluding hydrogens is 218 g/mol. The van der Waals surface area contributed by atoms with Gasteiger partial charge in [0.1, 0.15) is 11.5 Å². The molecule has 4 nitrogen and oxygen atoms in total. The van der Waals surface area contributed by atoms with Crippen LogP contribution in [0.2, 0.25) is 0 Å². The predicted octanol–water partition coefficient (Wildman–Crippen LogP) is 1.79. The summed E-state index contributed by atoms with van der Waals surface area (Å²) in [5, 5.41) is 9.99. The maximum absolute atomic E-state index is 9.99. The van der Waals surface area contributed by atoms with Crippen LogP contribution >= 0.6 is 0 Å². The van der Waals surface area contributed by atoms with Crippen LogP contribution in [0.4, 0.5) is 0 Å². The lowest BCUT2D eigenvalue weighted by molar-refractivity contribution is 0.0194. The monoisotopic (exact) mass is 237 g/mol. The fraction of sp³-hybridized carbons (Fsp3) is 0.538. The van der Waals surface area contributed by atoms with Gasteiger partial charge in [0.25, 0.3) is 0 Å². The van der Waals surface area contributed by atoms with E-state index in [0.29, 0.717) is 11.5 Å². The Morgan fingerprint density at radius 3 is 2.65 bits per heavy atom. The zero-order valence-corrected chi connectivity index (χ0v) is 10.3. The van der Waals surface area contributed by atoms with Crippen molar-refractivity contribution >= 4 is 0 Å². The summed E-state index contributed by atoms with van der Waals surface area (Å²) >= 11 is 0. The van der Waals surface area contributed by atoms with Gasteiger partial charge in [-0.3, -0.25) is 4.90 Å². The molecule has 0 bridgehead atoms. The zero-order valence-electron chi connectivity index (χ0n) is 10.3. The molecule has 0 amide bonds. The molecule has 1 aromatic rings. The molecule has 0 spiro atoms. The Morgan fingerprint density at radius 1 is 1.35 bits per heavy atom. The Hall–Kier alpha value is -1.26. The molecule has 17 heavy (non-hydrogen) atoms. The number of nitrogens with zero attached hydrogens (tertiary/aromatic N) is 1. The summed E-state index contributed by atoms with van der Waals surface area (Å²) in [4.78, 5) is 2.31. The molecule has 1 aliphatic heterocycles. The first-order chi connectivity index (χ1) is 8.22. The lowest BCUT2D eigenvalue weighted by Crippen LogP contribution is -2.38. The van der Waals surface area contributed by atoms with Crippen LogP contribution in [0.15, 0.2) is 18.2 Å². The molecule has 1 fully saturated rings. The Bertz CT molecular complexity index is 375. The number of aromatic hydroxyl groups is 1. The topological polar surface area (TPSA) is 41.9 Å². The molecular formula is C13H19NO3. The summed E-state index contributed by atoms with van der Waals surface area (Å²) in [5.41, 5.74) is 0.938. The molecule has 1 aromatic carbocycles. The molecule has 1 aliphatic rings. The molecule has 0 saturated carbocycles. The smallest absolute Gasteiger partial charge is 0.124 e. The number of phenols is 1. The summed E-state index contributed by atoms with van der Waals surface area (Å²) in [6.07, 6.45) is 0. The summed E-state index contributed by atoms with van der Waals surface area (Å²) in [5.74, 6) is 0.976. The van der Waals surface area contributed by atoms with E-state index >= 15 is 0 Å². The van der Waals surface area contributed by atoms with Gasteiger partial charge in [-0.1, -0.05) is 6.07 Å². The van der Waals surface area contributed by atoms with Gasteiger partial charge in [0.05, 0.1) is 20.3 Å². The third-order valence-corrected chi connectivity index (χ3v) is 3.28. The first-order valence-corrected chi connectivity index (χ1v) is 5.91. The van der Waals surface area contributed by atoms with Crippen molar-refractivity contribution in [1.82, 2.24) is 4.90 Å². The summed E-state index contributed by atoms with van der Waals surface area (Å²) in [6, 6.07) is 5.66. The molecule has 94 valence electrons. The normalized spacial score (nSPS) is 18.9. The fourth-order valence-corrected chi connectivity index (χ4v) is 2.17. The van der Waals surface area contributed by atoms with E-state index in [1.807, 2.05) is 12.1 Å². The highest BCUT2D eigenvalue weighted by Gasteiger charge is 2.20. The highest BCUT2D eigenvalue weighted by molar-refractivity contribution is 5.41. The minimum atomic E-state index is 0.199. The molecule has 0 aromatic heterocycles.